The van der Waals surface area contributed by atoms with E-state index in [9.17, 15) is 0 Å². The van der Waals surface area contributed by atoms with Gasteiger partial charge in [0, 0.05) is 11.5 Å². The third kappa shape index (κ3) is 7.01. The SMILES string of the molecule is C/C=c1/[nH]cc/c1=C/C(C)C.CC.CC. The molecule has 15 heavy (non-hydrogen) atoms. The quantitative estimate of drug-likeness (QED) is 0.730. The van der Waals surface area contributed by atoms with Crippen LogP contribution in [0.4, 0.5) is 0 Å². The fourth-order valence-corrected chi connectivity index (χ4v) is 1.15. The zero-order valence-electron chi connectivity index (χ0n) is 11.4. The first kappa shape index (κ1) is 16.4. The Hall–Kier alpha value is -0.980. The van der Waals surface area contributed by atoms with Crippen LogP contribution in [0.15, 0.2) is 12.3 Å². The number of aromatic amines is 1. The summed E-state index contributed by atoms with van der Waals surface area (Å²) < 4.78 is 0. The van der Waals surface area contributed by atoms with Crippen LogP contribution in [-0.4, -0.2) is 4.98 Å². The predicted octanol–water partition coefficient (Wildman–Crippen LogP) is 3.30. The van der Waals surface area contributed by atoms with Crippen molar-refractivity contribution < 1.29 is 0 Å². The van der Waals surface area contributed by atoms with Gasteiger partial charge in [-0.1, -0.05) is 53.7 Å². The first-order chi connectivity index (χ1) is 7.24. The lowest BCUT2D eigenvalue weighted by Gasteiger charge is -1.89. The number of hydrogen-bond donors (Lipinski definition) is 1. The van der Waals surface area contributed by atoms with Gasteiger partial charge in [-0.05, 0) is 24.1 Å². The minimum atomic E-state index is 0.615. The van der Waals surface area contributed by atoms with Gasteiger partial charge in [-0.2, -0.15) is 0 Å². The topological polar surface area (TPSA) is 15.8 Å². The van der Waals surface area contributed by atoms with E-state index in [1.165, 1.54) is 10.6 Å². The molecular formula is C14H27N. The van der Waals surface area contributed by atoms with Crippen LogP contribution < -0.4 is 10.6 Å². The molecule has 0 atom stereocenters. The van der Waals surface area contributed by atoms with Gasteiger partial charge in [-0.3, -0.25) is 0 Å². The van der Waals surface area contributed by atoms with Crippen molar-refractivity contribution >= 4 is 12.2 Å². The van der Waals surface area contributed by atoms with Crippen LogP contribution in [0, 0.1) is 5.92 Å². The molecule has 0 aliphatic rings. The third-order valence-electron chi connectivity index (χ3n) is 1.61. The number of rotatable bonds is 1. The Bertz CT molecular complexity index is 317. The summed E-state index contributed by atoms with van der Waals surface area (Å²) in [5.74, 6) is 0.615. The molecule has 1 aromatic heterocycles. The Labute approximate surface area is 94.9 Å². The second-order valence-corrected chi connectivity index (χ2v) is 3.05. The average Bonchev–Trinajstić information content (AvgIpc) is 2.70. The Morgan fingerprint density at radius 1 is 1.13 bits per heavy atom. The van der Waals surface area contributed by atoms with Gasteiger partial charge >= 0.3 is 0 Å². The fourth-order valence-electron chi connectivity index (χ4n) is 1.15. The Balaban J connectivity index is 0. The predicted molar refractivity (Wildman–Crippen MR) is 72.2 cm³/mol. The van der Waals surface area contributed by atoms with E-state index in [4.69, 9.17) is 0 Å². The van der Waals surface area contributed by atoms with E-state index in [0.29, 0.717) is 5.92 Å². The molecule has 0 bridgehead atoms. The number of hydrogen-bond acceptors (Lipinski definition) is 0. The first-order valence-corrected chi connectivity index (χ1v) is 6.05. The second kappa shape index (κ2) is 11.1. The van der Waals surface area contributed by atoms with Gasteiger partial charge in [0.05, 0.1) is 0 Å². The summed E-state index contributed by atoms with van der Waals surface area (Å²) in [6.45, 7) is 14.4. The van der Waals surface area contributed by atoms with Crippen molar-refractivity contribution in [1.29, 1.82) is 0 Å². The average molecular weight is 209 g/mol. The maximum absolute atomic E-state index is 3.17. The highest BCUT2D eigenvalue weighted by Crippen LogP contribution is 1.90. The summed E-state index contributed by atoms with van der Waals surface area (Å²) in [5.41, 5.74) is 0. The van der Waals surface area contributed by atoms with E-state index in [0.717, 1.165) is 0 Å². The van der Waals surface area contributed by atoms with Gasteiger partial charge in [0.1, 0.15) is 0 Å². The zero-order chi connectivity index (χ0) is 12.3. The lowest BCUT2D eigenvalue weighted by Crippen LogP contribution is -2.22. The Morgan fingerprint density at radius 2 is 1.67 bits per heavy atom. The Kier molecular flexibility index (Phi) is 12.2. The number of H-pyrrole nitrogens is 1. The second-order valence-electron chi connectivity index (χ2n) is 3.05. The van der Waals surface area contributed by atoms with Crippen LogP contribution in [0.3, 0.4) is 0 Å². The molecule has 0 saturated heterocycles. The van der Waals surface area contributed by atoms with Gasteiger partial charge in [0.25, 0.3) is 0 Å². The van der Waals surface area contributed by atoms with Crippen LogP contribution in [0.2, 0.25) is 0 Å². The lowest BCUT2D eigenvalue weighted by atomic mass is 10.2. The molecule has 1 heterocycles. The Morgan fingerprint density at radius 3 is 2.07 bits per heavy atom. The fraction of sp³-hybridized carbons (Fsp3) is 0.571. The van der Waals surface area contributed by atoms with Gasteiger partial charge < -0.3 is 4.98 Å². The van der Waals surface area contributed by atoms with Crippen LogP contribution in [0.5, 0.6) is 0 Å². The van der Waals surface area contributed by atoms with Crippen molar-refractivity contribution in [3.63, 3.8) is 0 Å². The molecule has 0 aromatic carbocycles. The number of aromatic nitrogens is 1. The minimum Gasteiger partial charge on any atom is -0.361 e. The molecule has 1 rings (SSSR count). The summed E-state index contributed by atoms with van der Waals surface area (Å²) in [5, 5.41) is 2.53. The van der Waals surface area contributed by atoms with E-state index in [1.807, 2.05) is 40.8 Å². The molecule has 0 aliphatic carbocycles. The minimum absolute atomic E-state index is 0.615. The zero-order valence-corrected chi connectivity index (χ0v) is 11.4. The lowest BCUT2D eigenvalue weighted by molar-refractivity contribution is 0.880. The molecule has 0 fully saturated rings. The molecule has 0 unspecified atom stereocenters. The molecule has 0 aliphatic heterocycles. The summed E-state index contributed by atoms with van der Waals surface area (Å²) in [6, 6.07) is 2.11. The van der Waals surface area contributed by atoms with Crippen LogP contribution in [-0.2, 0) is 0 Å². The van der Waals surface area contributed by atoms with Crippen molar-refractivity contribution in [2.75, 3.05) is 0 Å². The maximum atomic E-state index is 3.17. The first-order valence-electron chi connectivity index (χ1n) is 6.05. The van der Waals surface area contributed by atoms with Crippen LogP contribution in [0.25, 0.3) is 12.2 Å². The largest absolute Gasteiger partial charge is 0.361 e. The molecule has 88 valence electrons. The van der Waals surface area contributed by atoms with Gasteiger partial charge in [0.15, 0.2) is 0 Å². The molecule has 1 N–H and O–H groups in total. The van der Waals surface area contributed by atoms with Gasteiger partial charge in [-0.25, -0.2) is 0 Å². The van der Waals surface area contributed by atoms with Gasteiger partial charge in [0.2, 0.25) is 0 Å². The van der Waals surface area contributed by atoms with Crippen molar-refractivity contribution in [2.24, 2.45) is 5.92 Å². The monoisotopic (exact) mass is 209 g/mol. The maximum Gasteiger partial charge on any atom is 0.0407 e. The van der Waals surface area contributed by atoms with Crippen LogP contribution >= 0.6 is 0 Å². The molecule has 1 aromatic rings. The highest BCUT2D eigenvalue weighted by atomic mass is 14.6. The van der Waals surface area contributed by atoms with Gasteiger partial charge in [-0.15, -0.1) is 0 Å². The van der Waals surface area contributed by atoms with E-state index < -0.39 is 0 Å². The summed E-state index contributed by atoms with van der Waals surface area (Å²) in [6.07, 6.45) is 6.32. The standard InChI is InChI=1S/C10H15N.2C2H6/c1-4-10-9(5-6-11-10)7-8(2)3;2*1-2/h4-8,11H,1-3H3;2*1-2H3/b9-7-,10-4+;;. The summed E-state index contributed by atoms with van der Waals surface area (Å²) >= 11 is 0. The molecule has 0 spiro atoms. The van der Waals surface area contributed by atoms with E-state index in [2.05, 4.69) is 37.0 Å². The molecule has 0 radical (unpaired) electrons. The van der Waals surface area contributed by atoms with Crippen molar-refractivity contribution in [2.45, 2.75) is 48.5 Å². The highest BCUT2D eigenvalue weighted by Gasteiger charge is 1.87. The normalized spacial score (nSPS) is 11.7. The molecule has 0 amide bonds. The van der Waals surface area contributed by atoms with Crippen molar-refractivity contribution in [3.8, 4) is 0 Å². The number of nitrogens with one attached hydrogen (secondary N) is 1. The smallest absolute Gasteiger partial charge is 0.0407 e. The van der Waals surface area contributed by atoms with E-state index >= 15 is 0 Å². The summed E-state index contributed by atoms with van der Waals surface area (Å²) in [7, 11) is 0. The van der Waals surface area contributed by atoms with E-state index in [-0.39, 0.29) is 0 Å². The molecule has 1 nitrogen and oxygen atoms in total. The van der Waals surface area contributed by atoms with Crippen molar-refractivity contribution in [3.05, 3.63) is 22.8 Å². The van der Waals surface area contributed by atoms with Crippen LogP contribution in [0.1, 0.15) is 48.5 Å². The molecule has 1 heteroatoms. The molecule has 0 saturated carbocycles. The van der Waals surface area contributed by atoms with E-state index in [1.54, 1.807) is 0 Å². The highest BCUT2D eigenvalue weighted by molar-refractivity contribution is 5.28. The van der Waals surface area contributed by atoms with Crippen molar-refractivity contribution in [1.82, 2.24) is 4.98 Å². The third-order valence-corrected chi connectivity index (χ3v) is 1.61. The summed E-state index contributed by atoms with van der Waals surface area (Å²) in [4.78, 5) is 3.17. The molecular weight excluding hydrogens is 182 g/mol.